The van der Waals surface area contributed by atoms with Gasteiger partial charge in [-0.3, -0.25) is 24.4 Å². The molecule has 4 rings (SSSR count). The van der Waals surface area contributed by atoms with Gasteiger partial charge in [-0.05, 0) is 6.92 Å². The van der Waals surface area contributed by atoms with Gasteiger partial charge in [-0.15, -0.1) is 11.3 Å². The van der Waals surface area contributed by atoms with Crippen LogP contribution in [0.5, 0.6) is 0 Å². The Labute approximate surface area is 265 Å². The van der Waals surface area contributed by atoms with Crippen molar-refractivity contribution in [3.63, 3.8) is 0 Å². The first-order valence-electron chi connectivity index (χ1n) is 12.0. The van der Waals surface area contributed by atoms with Gasteiger partial charge in [-0.25, -0.2) is 18.9 Å². The Hall–Kier alpha value is -3.72. The van der Waals surface area contributed by atoms with Crippen molar-refractivity contribution in [3.8, 4) is 11.3 Å². The van der Waals surface area contributed by atoms with Gasteiger partial charge in [0, 0.05) is 34.6 Å². The number of carbonyl (C=O) groups is 4. The van der Waals surface area contributed by atoms with Crippen LogP contribution in [-0.4, -0.2) is 81.9 Å². The number of thioether (sulfide) groups is 1. The number of thiazole rings is 1. The highest BCUT2D eigenvalue weighted by Crippen LogP contribution is 2.38. The van der Waals surface area contributed by atoms with Crippen molar-refractivity contribution in [2.24, 2.45) is 12.2 Å². The summed E-state index contributed by atoms with van der Waals surface area (Å²) in [5.74, 6) is -3.86. The Morgan fingerprint density at radius 1 is 1.32 bits per heavy atom. The number of nitrogens with one attached hydrogen (secondary N) is 2. The van der Waals surface area contributed by atoms with E-state index in [9.17, 15) is 28.8 Å². The number of likely N-dealkylation sites (tertiary alicyclic amines) is 1. The smallest absolute Gasteiger partial charge is 0.429 e. The van der Waals surface area contributed by atoms with E-state index in [0.29, 0.717) is 27.9 Å². The molecular formula is C22H22N8O9PS4+. The number of aliphatic carboxylic acids is 1. The first kappa shape index (κ1) is 33.2. The zero-order valence-corrected chi connectivity index (χ0v) is 26.7. The molecule has 0 unspecified atom stereocenters. The van der Waals surface area contributed by atoms with Crippen LogP contribution in [-0.2, 0) is 35.6 Å². The van der Waals surface area contributed by atoms with Crippen LogP contribution in [0.15, 0.2) is 50.0 Å². The van der Waals surface area contributed by atoms with Crippen LogP contribution < -0.4 is 15.0 Å². The lowest BCUT2D eigenvalue weighted by Crippen LogP contribution is -2.69. The zero-order valence-electron chi connectivity index (χ0n) is 22.4. The number of anilines is 1. The van der Waals surface area contributed by atoms with E-state index in [1.807, 2.05) is 41.2 Å². The first-order valence-corrected chi connectivity index (χ1v) is 16.6. The highest BCUT2D eigenvalue weighted by molar-refractivity contribution is 8.05. The SMILES string of the molecule is CCO/N=C(\C(=O)N[C@@H]1C(=O)N(C(C(=O)O)=C(C=O)Sc2nc(-c3cc[n+](C)cc3)cs2)[C@@H]1S)c1nsc(NP(=O)(O)O)n1. The van der Waals surface area contributed by atoms with Crippen LogP contribution in [0, 0.1) is 0 Å². The Morgan fingerprint density at radius 2 is 2.02 bits per heavy atom. The van der Waals surface area contributed by atoms with E-state index in [0.717, 1.165) is 22.2 Å². The number of rotatable bonds is 13. The highest BCUT2D eigenvalue weighted by atomic mass is 32.2. The first-order chi connectivity index (χ1) is 20.8. The lowest BCUT2D eigenvalue weighted by Gasteiger charge is -2.44. The molecule has 0 saturated carbocycles. The molecule has 1 aliphatic rings. The van der Waals surface area contributed by atoms with Gasteiger partial charge >= 0.3 is 13.7 Å². The average Bonchev–Trinajstić information content (AvgIpc) is 3.62. The molecule has 4 heterocycles. The molecule has 17 nitrogen and oxygen atoms in total. The normalized spacial score (nSPS) is 17.4. The molecule has 2 atom stereocenters. The van der Waals surface area contributed by atoms with Gasteiger partial charge < -0.3 is 25.0 Å². The summed E-state index contributed by atoms with van der Waals surface area (Å²) in [5.41, 5.74) is 0.237. The molecule has 0 spiro atoms. The maximum absolute atomic E-state index is 13.1. The molecule has 1 fully saturated rings. The number of allylic oxidation sites excluding steroid dienone is 1. The van der Waals surface area contributed by atoms with Crippen molar-refractivity contribution < 1.29 is 48.0 Å². The number of hydrogen-bond acceptors (Lipinski definition) is 14. The number of carboxylic acid groups (broad SMARTS) is 1. The van der Waals surface area contributed by atoms with Gasteiger partial charge in [0.2, 0.25) is 16.7 Å². The summed E-state index contributed by atoms with van der Waals surface area (Å²) in [6, 6.07) is 2.32. The summed E-state index contributed by atoms with van der Waals surface area (Å²) in [7, 11) is -2.85. The number of hydrogen-bond donors (Lipinski definition) is 6. The number of aldehydes is 1. The second-order valence-electron chi connectivity index (χ2n) is 8.50. The third-order valence-electron chi connectivity index (χ3n) is 5.47. The number of carbonyl (C=O) groups excluding carboxylic acids is 3. The summed E-state index contributed by atoms with van der Waals surface area (Å²) >= 11 is 6.76. The Bertz CT molecular complexity index is 1700. The number of oxime groups is 1. The molecule has 0 radical (unpaired) electrons. The molecule has 44 heavy (non-hydrogen) atoms. The molecule has 2 amide bonds. The van der Waals surface area contributed by atoms with Gasteiger partial charge in [0.05, 0.1) is 10.6 Å². The number of pyridine rings is 1. The summed E-state index contributed by atoms with van der Waals surface area (Å²) in [5, 5.41) is 18.0. The van der Waals surface area contributed by atoms with Crippen LogP contribution in [0.1, 0.15) is 12.7 Å². The van der Waals surface area contributed by atoms with Crippen LogP contribution in [0.25, 0.3) is 11.3 Å². The van der Waals surface area contributed by atoms with Crippen molar-refractivity contribution >= 4 is 89.9 Å². The van der Waals surface area contributed by atoms with E-state index < -0.39 is 48.4 Å². The minimum atomic E-state index is -4.71. The quantitative estimate of drug-likeness (QED) is 0.0165. The third kappa shape index (κ3) is 7.67. The molecule has 1 saturated heterocycles. The molecule has 22 heteroatoms. The maximum Gasteiger partial charge on any atom is 0.429 e. The standard InChI is InChI=1S/C22H21N8O9PS4/c1-3-39-26-13(16-25-21(44-28-16)27-40(36,37)38)17(32)24-14-18(33)30(19(14)41)15(20(34)35)12(8-31)43-22-23-11(9-42-22)10-4-6-29(2)7-5-10/h4-9,14,19H,3H2,1-2H3,(H5-,24,25,27,28,32,34,35,36,37,38,41)/p+1/b15-12?,26-13-/t14-,19-/m1/s1. The summed E-state index contributed by atoms with van der Waals surface area (Å²) in [4.78, 5) is 82.2. The van der Waals surface area contributed by atoms with E-state index in [2.05, 4.69) is 37.4 Å². The maximum atomic E-state index is 13.1. The largest absolute Gasteiger partial charge is 0.477 e. The zero-order chi connectivity index (χ0) is 32.2. The number of thiol groups is 1. The van der Waals surface area contributed by atoms with Crippen LogP contribution in [0.2, 0.25) is 0 Å². The fourth-order valence-corrected chi connectivity index (χ4v) is 7.02. The predicted molar refractivity (Wildman–Crippen MR) is 161 cm³/mol. The molecular weight excluding hydrogens is 680 g/mol. The van der Waals surface area contributed by atoms with E-state index in [1.165, 1.54) is 11.3 Å². The summed E-state index contributed by atoms with van der Waals surface area (Å²) in [6.45, 7) is 1.60. The second-order valence-corrected chi connectivity index (χ2v) is 13.2. The fourth-order valence-electron chi connectivity index (χ4n) is 3.52. The number of aromatic nitrogens is 4. The summed E-state index contributed by atoms with van der Waals surface area (Å²) in [6.07, 6.45) is 3.96. The average molecular weight is 702 g/mol. The number of β-lactam (4-membered cyclic amide) rings is 1. The van der Waals surface area contributed by atoms with Crippen molar-refractivity contribution in [3.05, 3.63) is 46.3 Å². The topological polar surface area (TPSA) is 237 Å². The molecule has 0 bridgehead atoms. The van der Waals surface area contributed by atoms with Gasteiger partial charge in [0.15, 0.2) is 23.0 Å². The van der Waals surface area contributed by atoms with E-state index in [4.69, 9.17) is 14.6 Å². The van der Waals surface area contributed by atoms with Crippen LogP contribution in [0.4, 0.5) is 5.13 Å². The Morgan fingerprint density at radius 3 is 2.61 bits per heavy atom. The Balaban J connectivity index is 1.53. The second kappa shape index (κ2) is 13.9. The van der Waals surface area contributed by atoms with E-state index in [1.54, 1.807) is 12.3 Å². The predicted octanol–water partition coefficient (Wildman–Crippen LogP) is 0.602. The van der Waals surface area contributed by atoms with Crippen molar-refractivity contribution in [1.29, 1.82) is 0 Å². The van der Waals surface area contributed by atoms with Crippen LogP contribution >= 0.6 is 55.0 Å². The van der Waals surface area contributed by atoms with E-state index >= 15 is 0 Å². The minimum absolute atomic E-state index is 0.0312. The lowest BCUT2D eigenvalue weighted by molar-refractivity contribution is -0.671. The molecule has 0 aliphatic carbocycles. The molecule has 3 aromatic heterocycles. The van der Waals surface area contributed by atoms with Gasteiger partial charge in [0.25, 0.3) is 11.8 Å². The summed E-state index contributed by atoms with van der Waals surface area (Å²) < 4.78 is 17.2. The Kier molecular flexibility index (Phi) is 10.5. The number of aryl methyl sites for hydroxylation is 1. The molecule has 1 aliphatic heterocycles. The minimum Gasteiger partial charge on any atom is -0.477 e. The number of carboxylic acids is 1. The van der Waals surface area contributed by atoms with Crippen molar-refractivity contribution in [2.75, 3.05) is 11.7 Å². The van der Waals surface area contributed by atoms with Gasteiger partial charge in [-0.1, -0.05) is 16.9 Å². The fraction of sp³-hybridized carbons (Fsp3) is 0.227. The monoisotopic (exact) mass is 701 g/mol. The number of amides is 2. The van der Waals surface area contributed by atoms with Gasteiger partial charge in [-0.2, -0.15) is 22.0 Å². The third-order valence-corrected chi connectivity index (χ3v) is 9.23. The van der Waals surface area contributed by atoms with Crippen LogP contribution in [0.3, 0.4) is 0 Å². The lowest BCUT2D eigenvalue weighted by atomic mass is 10.0. The molecule has 3 aromatic rings. The molecule has 5 N–H and O–H groups in total. The van der Waals surface area contributed by atoms with E-state index in [-0.39, 0.29) is 22.5 Å². The highest BCUT2D eigenvalue weighted by Gasteiger charge is 2.51. The number of nitrogens with zero attached hydrogens (tertiary/aromatic N) is 6. The molecule has 0 aromatic carbocycles. The molecule has 232 valence electrons. The van der Waals surface area contributed by atoms with Crippen molar-refractivity contribution in [2.45, 2.75) is 22.7 Å². The van der Waals surface area contributed by atoms with Gasteiger partial charge in [0.1, 0.15) is 30.8 Å². The van der Waals surface area contributed by atoms with Crippen molar-refractivity contribution in [1.82, 2.24) is 24.6 Å².